The fourth-order valence-corrected chi connectivity index (χ4v) is 17.2. The minimum Gasteiger partial charge on any atom is -0.550 e. The first-order valence-electron chi connectivity index (χ1n) is 38.6. The second-order valence-electron chi connectivity index (χ2n) is 39.4. The van der Waals surface area contributed by atoms with E-state index in [9.17, 15) is 119 Å². The number of carboxylic acids is 6. The molecule has 6 aliphatic heterocycles. The second kappa shape index (κ2) is 42.3. The minimum absolute atomic E-state index is 0.0802. The first kappa shape index (κ1) is 111. The number of quaternary nitrogens is 6. The van der Waals surface area contributed by atoms with Gasteiger partial charge in [0.15, 0.2) is 0 Å². The molecule has 0 aromatic rings. The van der Waals surface area contributed by atoms with Crippen LogP contribution in [-0.4, -0.2) is 227 Å². The number of carbonyl (C=O) groups is 12. The van der Waals surface area contributed by atoms with Crippen LogP contribution in [0.25, 0.3) is 0 Å². The average molecular weight is 1680 g/mol. The van der Waals surface area contributed by atoms with Gasteiger partial charge in [-0.15, -0.1) is 0 Å². The normalized spacial score (nSPS) is 28.4. The van der Waals surface area contributed by atoms with Gasteiger partial charge in [0.25, 0.3) is 0 Å². The van der Waals surface area contributed by atoms with Gasteiger partial charge in [0, 0.05) is 168 Å². The van der Waals surface area contributed by atoms with E-state index in [2.05, 4.69) is 0 Å². The van der Waals surface area contributed by atoms with Crippen LogP contribution in [0.4, 0.5) is 0 Å². The molecule has 0 aromatic heterocycles. The standard InChI is InChI=1S/6C11H21NO3.2C6H8O7/c6*1-8(13)15-9-6-10(2,3)12(14)11(4,5)7-9;2*7-3(8)1-6(13,5(11)12)2-4(9)10/h6*9,14H,6-7H2,1-5H3;2*13H,1-2H2,(H,7,8)(H,9,10)(H,11,12). The molecule has 0 amide bonds. The van der Waals surface area contributed by atoms with Crippen molar-refractivity contribution in [2.75, 3.05) is 0 Å². The molecule has 38 heteroatoms. The number of nitrogens with one attached hydrogen (secondary N) is 6. The maximum Gasteiger partial charge on any atom is 0.302 e. The molecule has 6 aliphatic rings. The summed E-state index contributed by atoms with van der Waals surface area (Å²) in [4.78, 5) is 126. The molecule has 0 aromatic carbocycles. The van der Waals surface area contributed by atoms with E-state index in [1.54, 1.807) is 0 Å². The lowest BCUT2D eigenvalue weighted by Gasteiger charge is -2.46. The predicted molar refractivity (Wildman–Crippen MR) is 393 cm³/mol. The van der Waals surface area contributed by atoms with Crippen LogP contribution >= 0.6 is 0 Å². The molecule has 14 N–H and O–H groups in total. The molecule has 6 heterocycles. The Hall–Kier alpha value is -6.92. The number of carbonyl (C=O) groups excluding carboxylic acids is 12. The van der Waals surface area contributed by atoms with Crippen molar-refractivity contribution in [2.45, 2.75) is 425 Å². The van der Waals surface area contributed by atoms with Gasteiger partial charge in [-0.3, -0.25) is 28.8 Å². The molecule has 6 rings (SSSR count). The number of carboxylic acid groups (broad SMARTS) is 6. The molecule has 38 nitrogen and oxygen atoms in total. The van der Waals surface area contributed by atoms with Gasteiger partial charge in [-0.05, 0) is 166 Å². The monoisotopic (exact) mass is 1670 g/mol. The fraction of sp³-hybridized carbons (Fsp3) is 0.846. The van der Waals surface area contributed by atoms with Gasteiger partial charge >= 0.3 is 35.8 Å². The van der Waals surface area contributed by atoms with E-state index in [1.165, 1.54) is 41.5 Å². The number of aliphatic hydroxyl groups is 2. The molecule has 0 saturated carbocycles. The molecular weight excluding hydrogens is 1530 g/mol. The highest BCUT2D eigenvalue weighted by molar-refractivity contribution is 5.87. The van der Waals surface area contributed by atoms with E-state index >= 15 is 0 Å². The van der Waals surface area contributed by atoms with Crippen molar-refractivity contribution in [3.8, 4) is 0 Å². The third-order valence-electron chi connectivity index (χ3n) is 21.1. The zero-order valence-electron chi connectivity index (χ0n) is 74.2. The largest absolute Gasteiger partial charge is 0.550 e. The lowest BCUT2D eigenvalue weighted by molar-refractivity contribution is -1.16. The maximum atomic E-state index is 10.9. The average Bonchev–Trinajstić information content (AvgIpc) is 0.807. The summed E-state index contributed by atoms with van der Waals surface area (Å²) in [7, 11) is 0. The molecule has 0 spiro atoms. The number of esters is 6. The highest BCUT2D eigenvalue weighted by Crippen LogP contribution is 2.32. The van der Waals surface area contributed by atoms with E-state index in [0.29, 0.717) is 107 Å². The Morgan fingerprint density at radius 1 is 0.241 bits per heavy atom. The van der Waals surface area contributed by atoms with E-state index in [4.69, 9.17) is 38.6 Å². The Bertz CT molecular complexity index is 2730. The first-order valence-corrected chi connectivity index (χ1v) is 38.6. The summed E-state index contributed by atoms with van der Waals surface area (Å²) in [6.45, 7) is 56.2. The summed E-state index contributed by atoms with van der Waals surface area (Å²) in [6.07, 6.45) is 2.44. The van der Waals surface area contributed by atoms with E-state index in [1.807, 2.05) is 166 Å². The Kier molecular flexibility index (Phi) is 40.6. The van der Waals surface area contributed by atoms with Gasteiger partial charge in [-0.25, -0.2) is 31.2 Å². The number of hydrogen-bond acceptors (Lipinski definition) is 32. The lowest BCUT2D eigenvalue weighted by atomic mass is 9.80. The van der Waals surface area contributed by atoms with Gasteiger partial charge in [0.2, 0.25) is 0 Å². The molecule has 6 fully saturated rings. The fourth-order valence-electron chi connectivity index (χ4n) is 17.2. The number of piperidine rings is 6. The van der Waals surface area contributed by atoms with E-state index in [-0.39, 0.29) is 139 Å². The van der Waals surface area contributed by atoms with Crippen LogP contribution in [-0.2, 0) is 86.0 Å². The number of hydroxylamine groups is 12. The molecule has 116 heavy (non-hydrogen) atoms. The summed E-state index contributed by atoms with van der Waals surface area (Å²) in [5, 5.41) is 141. The van der Waals surface area contributed by atoms with Crippen molar-refractivity contribution >= 4 is 71.6 Å². The van der Waals surface area contributed by atoms with Crippen molar-refractivity contribution < 1.29 is 188 Å². The Labute approximate surface area is 682 Å². The minimum atomic E-state index is -2.97. The van der Waals surface area contributed by atoms with Gasteiger partial charge in [0.05, 0.1) is 11.9 Å². The van der Waals surface area contributed by atoms with Crippen molar-refractivity contribution in [3.63, 3.8) is 0 Å². The van der Waals surface area contributed by atoms with Crippen molar-refractivity contribution in [3.05, 3.63) is 0 Å². The summed E-state index contributed by atoms with van der Waals surface area (Å²) in [5.41, 5.74) is -9.26. The topological polar surface area (TPSA) is 587 Å². The van der Waals surface area contributed by atoms with Crippen molar-refractivity contribution in [1.29, 1.82) is 0 Å². The third kappa shape index (κ3) is 36.7. The van der Waals surface area contributed by atoms with Crippen LogP contribution in [0.3, 0.4) is 0 Å². The first-order chi connectivity index (χ1) is 51.4. The van der Waals surface area contributed by atoms with Crippen LogP contribution in [0.5, 0.6) is 0 Å². The third-order valence-corrected chi connectivity index (χ3v) is 21.1. The molecule has 0 aliphatic carbocycles. The quantitative estimate of drug-likeness (QED) is 0.0504. The van der Waals surface area contributed by atoms with Crippen LogP contribution in [0.15, 0.2) is 0 Å². The highest BCUT2D eigenvalue weighted by atomic mass is 16.6. The molecular formula is C78H142N6O32. The van der Waals surface area contributed by atoms with Gasteiger partial charge in [-0.1, -0.05) is 0 Å². The maximum absolute atomic E-state index is 10.9. The highest BCUT2D eigenvalue weighted by Gasteiger charge is 2.56. The number of hydrogen-bond donors (Lipinski definition) is 14. The zero-order valence-corrected chi connectivity index (χ0v) is 74.2. The zero-order chi connectivity index (χ0) is 92.4. The summed E-state index contributed by atoms with van der Waals surface area (Å²) >= 11 is 0. The SMILES string of the molecule is CC(=O)OC1CC(C)(C)[NH+](O)C(C)(C)C1.CC(=O)OC1CC(C)(C)[NH+](O)C(C)(C)C1.CC(=O)OC1CC(C)(C)[NH+](O)C(C)(C)C1.CC(=O)OC1CC(C)(C)[NH+](O)C(C)(C)C1.CC(=O)OC1CC(C)(C)[NH+](O)C(C)(C)C1.CC(=O)OC1CC(C)(C)[NH+](O)C(C)(C)C1.O=C([O-])CC(O)(CC(=O)[O-])C(=O)[O-].O=C([O-])CC(O)(CC(=O)[O-])C(=O)[O-]. The van der Waals surface area contributed by atoms with Crippen molar-refractivity contribution in [2.24, 2.45) is 0 Å². The van der Waals surface area contributed by atoms with Crippen LogP contribution in [0.1, 0.15) is 310 Å². The van der Waals surface area contributed by atoms with Gasteiger partial charge in [-0.2, -0.15) is 30.4 Å². The number of aliphatic carboxylic acids is 6. The Morgan fingerprint density at radius 3 is 0.388 bits per heavy atom. The summed E-state index contributed by atoms with van der Waals surface area (Å²) in [5.74, 6) is -13.4. The van der Waals surface area contributed by atoms with E-state index < -0.39 is 72.7 Å². The smallest absolute Gasteiger partial charge is 0.302 e. The number of rotatable bonds is 16. The Balaban J connectivity index is 0. The molecule has 0 unspecified atom stereocenters. The van der Waals surface area contributed by atoms with Gasteiger partial charge in [0.1, 0.15) is 114 Å². The van der Waals surface area contributed by atoms with Crippen LogP contribution in [0, 0.1) is 0 Å². The van der Waals surface area contributed by atoms with Crippen LogP contribution < -0.4 is 61.0 Å². The molecule has 6 saturated heterocycles. The lowest BCUT2D eigenvalue weighted by Crippen LogP contribution is -3.25. The molecule has 676 valence electrons. The molecule has 0 atom stereocenters. The Morgan fingerprint density at radius 2 is 0.328 bits per heavy atom. The van der Waals surface area contributed by atoms with E-state index in [0.717, 1.165) is 0 Å². The predicted octanol–water partition coefficient (Wildman–Crippen LogP) is -7.25. The number of ether oxygens (including phenoxy) is 6. The molecule has 0 bridgehead atoms. The van der Waals surface area contributed by atoms with Crippen molar-refractivity contribution in [1.82, 2.24) is 0 Å². The second-order valence-corrected chi connectivity index (χ2v) is 39.4. The van der Waals surface area contributed by atoms with Gasteiger partial charge < -0.3 is 98.0 Å². The summed E-state index contributed by atoms with van der Waals surface area (Å²) < 4.78 is 31.5. The summed E-state index contributed by atoms with van der Waals surface area (Å²) in [6, 6.07) is 0. The molecule has 0 radical (unpaired) electrons. The van der Waals surface area contributed by atoms with Crippen LogP contribution in [0.2, 0.25) is 0 Å².